The predicted octanol–water partition coefficient (Wildman–Crippen LogP) is 6.35. The summed E-state index contributed by atoms with van der Waals surface area (Å²) in [7, 11) is 0. The van der Waals surface area contributed by atoms with Gasteiger partial charge in [-0.2, -0.15) is 0 Å². The van der Waals surface area contributed by atoms with Gasteiger partial charge < -0.3 is 14.9 Å². The number of carbonyl (C=O) groups is 1. The molecule has 0 aromatic rings. The van der Waals surface area contributed by atoms with Crippen molar-refractivity contribution in [3.05, 3.63) is 0 Å². The Balaban J connectivity index is 0. The highest BCUT2D eigenvalue weighted by Crippen LogP contribution is 2.13. The molecule has 1 unspecified atom stereocenters. The predicted molar refractivity (Wildman–Crippen MR) is 111 cm³/mol. The van der Waals surface area contributed by atoms with Crippen molar-refractivity contribution in [2.75, 3.05) is 13.2 Å². The van der Waals surface area contributed by atoms with Crippen LogP contribution in [0.2, 0.25) is 0 Å². The van der Waals surface area contributed by atoms with Gasteiger partial charge in [-0.3, -0.25) is 0 Å². The molecule has 0 aromatic heterocycles. The molecule has 0 amide bonds. The van der Waals surface area contributed by atoms with Crippen LogP contribution < -0.4 is 0 Å². The Morgan fingerprint density at radius 2 is 1.04 bits per heavy atom. The Hall–Kier alpha value is -0.610. The van der Waals surface area contributed by atoms with E-state index in [9.17, 15) is 4.79 Å². The lowest BCUT2D eigenvalue weighted by atomic mass is 10.0. The fourth-order valence-corrected chi connectivity index (χ4v) is 2.86. The van der Waals surface area contributed by atoms with E-state index in [-0.39, 0.29) is 0 Å². The van der Waals surface area contributed by atoms with Crippen LogP contribution in [-0.2, 0) is 9.53 Å². The van der Waals surface area contributed by atoms with Gasteiger partial charge >= 0.3 is 5.97 Å². The van der Waals surface area contributed by atoms with Crippen molar-refractivity contribution in [1.82, 2.24) is 0 Å². The Labute approximate surface area is 162 Å². The monoisotopic (exact) mass is 374 g/mol. The number of hydrogen-bond acceptors (Lipinski definition) is 3. The molecule has 0 aliphatic heterocycles. The summed E-state index contributed by atoms with van der Waals surface area (Å²) in [6, 6.07) is 0. The molecule has 0 saturated heterocycles. The lowest BCUT2D eigenvalue weighted by Crippen LogP contribution is -2.18. The van der Waals surface area contributed by atoms with Gasteiger partial charge in [-0.05, 0) is 20.3 Å². The van der Waals surface area contributed by atoms with Gasteiger partial charge in [0.2, 0.25) is 0 Å². The number of carboxylic acid groups (broad SMARTS) is 1. The van der Waals surface area contributed by atoms with Crippen molar-refractivity contribution in [2.24, 2.45) is 0 Å². The van der Waals surface area contributed by atoms with Gasteiger partial charge in [-0.1, -0.05) is 96.8 Å². The highest BCUT2D eigenvalue weighted by molar-refractivity contribution is 5.71. The highest BCUT2D eigenvalue weighted by atomic mass is 16.5. The maximum absolute atomic E-state index is 10.4. The molecule has 0 bridgehead atoms. The van der Waals surface area contributed by atoms with Gasteiger partial charge in [0, 0.05) is 13.2 Å². The standard InChI is InChI=1S/C18H36O3.C4H10O/c1-2-3-4-5-6-7-8-9-10-11-12-13-14-15-16-17(19)18(20)21;1-3-5-4-2/h17,19H,2-16H2,1H3,(H,20,21);3-4H2,1-2H3. The van der Waals surface area contributed by atoms with E-state index in [1.807, 2.05) is 13.8 Å². The van der Waals surface area contributed by atoms with Gasteiger partial charge in [0.1, 0.15) is 0 Å². The summed E-state index contributed by atoms with van der Waals surface area (Å²) < 4.78 is 4.83. The maximum Gasteiger partial charge on any atom is 0.332 e. The average molecular weight is 375 g/mol. The number of aliphatic carboxylic acids is 1. The summed E-state index contributed by atoms with van der Waals surface area (Å²) in [4.78, 5) is 10.4. The van der Waals surface area contributed by atoms with Gasteiger partial charge in [0.25, 0.3) is 0 Å². The summed E-state index contributed by atoms with van der Waals surface area (Å²) in [6.07, 6.45) is 17.3. The smallest absolute Gasteiger partial charge is 0.332 e. The fraction of sp³-hybridized carbons (Fsp3) is 0.955. The number of aliphatic hydroxyl groups excluding tert-OH is 1. The van der Waals surface area contributed by atoms with Crippen molar-refractivity contribution in [2.45, 2.75) is 123 Å². The Morgan fingerprint density at radius 1 is 0.692 bits per heavy atom. The van der Waals surface area contributed by atoms with Crippen molar-refractivity contribution in [3.63, 3.8) is 0 Å². The first-order chi connectivity index (χ1) is 12.6. The minimum absolute atomic E-state index is 0.396. The van der Waals surface area contributed by atoms with E-state index in [0.29, 0.717) is 6.42 Å². The molecule has 0 fully saturated rings. The first-order valence-corrected chi connectivity index (χ1v) is 11.1. The highest BCUT2D eigenvalue weighted by Gasteiger charge is 2.11. The van der Waals surface area contributed by atoms with E-state index in [1.165, 1.54) is 77.0 Å². The van der Waals surface area contributed by atoms with E-state index in [2.05, 4.69) is 6.92 Å². The third-order valence-electron chi connectivity index (χ3n) is 4.52. The SMILES string of the molecule is CCCCCCCCCCCCCCCCC(O)C(=O)O.CCOCC. The van der Waals surface area contributed by atoms with E-state index < -0.39 is 12.1 Å². The molecule has 0 saturated carbocycles. The molecule has 26 heavy (non-hydrogen) atoms. The number of carboxylic acids is 1. The first-order valence-electron chi connectivity index (χ1n) is 11.1. The molecule has 0 aliphatic carbocycles. The number of hydrogen-bond donors (Lipinski definition) is 2. The van der Waals surface area contributed by atoms with Crippen LogP contribution in [0.3, 0.4) is 0 Å². The van der Waals surface area contributed by atoms with Crippen LogP contribution in [0.15, 0.2) is 0 Å². The second-order valence-electron chi connectivity index (χ2n) is 7.02. The van der Waals surface area contributed by atoms with Crippen LogP contribution in [0.25, 0.3) is 0 Å². The molecule has 0 aromatic carbocycles. The maximum atomic E-state index is 10.4. The molecule has 0 heterocycles. The van der Waals surface area contributed by atoms with Crippen LogP contribution in [0.1, 0.15) is 117 Å². The number of unbranched alkanes of at least 4 members (excludes halogenated alkanes) is 13. The summed E-state index contributed by atoms with van der Waals surface area (Å²) >= 11 is 0. The molecule has 0 radical (unpaired) electrons. The second kappa shape index (κ2) is 24.4. The summed E-state index contributed by atoms with van der Waals surface area (Å²) in [5.74, 6) is -1.09. The summed E-state index contributed by atoms with van der Waals surface area (Å²) in [5.41, 5.74) is 0. The lowest BCUT2D eigenvalue weighted by Gasteiger charge is -2.05. The van der Waals surface area contributed by atoms with Crippen LogP contribution in [0, 0.1) is 0 Å². The molecular formula is C22H46O4. The van der Waals surface area contributed by atoms with Crippen LogP contribution in [0.5, 0.6) is 0 Å². The van der Waals surface area contributed by atoms with Crippen molar-refractivity contribution < 1.29 is 19.7 Å². The Kier molecular flexibility index (Phi) is 25.9. The average Bonchev–Trinajstić information content (AvgIpc) is 2.63. The summed E-state index contributed by atoms with van der Waals surface area (Å²) in [5, 5.41) is 17.7. The van der Waals surface area contributed by atoms with E-state index in [4.69, 9.17) is 14.9 Å². The minimum Gasteiger partial charge on any atom is -0.479 e. The first kappa shape index (κ1) is 27.6. The van der Waals surface area contributed by atoms with Gasteiger partial charge in [-0.25, -0.2) is 4.79 Å². The zero-order valence-electron chi connectivity index (χ0n) is 17.8. The van der Waals surface area contributed by atoms with Crippen LogP contribution >= 0.6 is 0 Å². The number of ether oxygens (including phenoxy) is 1. The zero-order chi connectivity index (χ0) is 19.9. The molecule has 1 atom stereocenters. The minimum atomic E-state index is -1.16. The van der Waals surface area contributed by atoms with E-state index >= 15 is 0 Å². The van der Waals surface area contributed by atoms with Crippen molar-refractivity contribution >= 4 is 5.97 Å². The molecule has 158 valence electrons. The van der Waals surface area contributed by atoms with E-state index in [1.54, 1.807) is 0 Å². The third kappa shape index (κ3) is 25.6. The number of rotatable bonds is 18. The van der Waals surface area contributed by atoms with Gasteiger partial charge in [-0.15, -0.1) is 0 Å². The second-order valence-corrected chi connectivity index (χ2v) is 7.02. The van der Waals surface area contributed by atoms with Crippen molar-refractivity contribution in [3.8, 4) is 0 Å². The quantitative estimate of drug-likeness (QED) is 0.274. The van der Waals surface area contributed by atoms with Gasteiger partial charge in [0.15, 0.2) is 6.10 Å². The van der Waals surface area contributed by atoms with Crippen LogP contribution in [0.4, 0.5) is 0 Å². The molecule has 0 spiro atoms. The zero-order valence-corrected chi connectivity index (χ0v) is 17.8. The topological polar surface area (TPSA) is 66.8 Å². The Morgan fingerprint density at radius 3 is 1.31 bits per heavy atom. The molecular weight excluding hydrogens is 328 g/mol. The molecule has 0 aliphatic rings. The molecule has 4 nitrogen and oxygen atoms in total. The molecule has 4 heteroatoms. The van der Waals surface area contributed by atoms with E-state index in [0.717, 1.165) is 26.1 Å². The lowest BCUT2D eigenvalue weighted by molar-refractivity contribution is -0.146. The molecule has 0 rings (SSSR count). The van der Waals surface area contributed by atoms with Gasteiger partial charge in [0.05, 0.1) is 0 Å². The number of aliphatic hydroxyl groups is 1. The summed E-state index contributed by atoms with van der Waals surface area (Å²) in [6.45, 7) is 7.92. The normalized spacial score (nSPS) is 11.7. The Bertz CT molecular complexity index is 267. The fourth-order valence-electron chi connectivity index (χ4n) is 2.86. The third-order valence-corrected chi connectivity index (χ3v) is 4.52. The van der Waals surface area contributed by atoms with Crippen molar-refractivity contribution in [1.29, 1.82) is 0 Å². The van der Waals surface area contributed by atoms with Crippen LogP contribution in [-0.4, -0.2) is 35.5 Å². The largest absolute Gasteiger partial charge is 0.479 e. The molecule has 2 N–H and O–H groups in total.